The van der Waals surface area contributed by atoms with Crippen molar-refractivity contribution in [2.24, 2.45) is 0 Å². The largest absolute Gasteiger partial charge is 0.393 e. The van der Waals surface area contributed by atoms with E-state index in [9.17, 15) is 19.8 Å². The Hall–Kier alpha value is -1.26. The van der Waals surface area contributed by atoms with Crippen LogP contribution >= 0.6 is 0 Å². The van der Waals surface area contributed by atoms with Gasteiger partial charge in [0.05, 0.1) is 12.2 Å². The van der Waals surface area contributed by atoms with Crippen LogP contribution in [0.25, 0.3) is 0 Å². The van der Waals surface area contributed by atoms with Gasteiger partial charge in [-0.3, -0.25) is 9.59 Å². The molecule has 2 unspecified atom stereocenters. The van der Waals surface area contributed by atoms with Crippen molar-refractivity contribution in [3.05, 3.63) is 24.3 Å². The lowest BCUT2D eigenvalue weighted by Gasteiger charge is -2.07. The first kappa shape index (κ1) is 45.7. The number of allylic oxidation sites excluding steroid dienone is 3. The molecule has 2 N–H and O–H groups in total. The second-order valence-corrected chi connectivity index (χ2v) is 10.6. The molecule has 0 fully saturated rings. The number of hydrogen-bond acceptors (Lipinski definition) is 4. The topological polar surface area (TPSA) is 74.6 Å². The van der Waals surface area contributed by atoms with E-state index in [2.05, 4.69) is 54.5 Å². The number of hydrogen-bond donors (Lipinski definition) is 2. The SMILES string of the molecule is CC/C=C\CC(=O)CCC.CCC/C=C/C(O)CCC.CCCCCC(=O)CCC.CCCCCC(O)CCC. The summed E-state index contributed by atoms with van der Waals surface area (Å²) in [6.45, 7) is 16.8. The lowest BCUT2D eigenvalue weighted by molar-refractivity contribution is -0.119. The van der Waals surface area contributed by atoms with Crippen molar-refractivity contribution in [3.8, 4) is 0 Å². The molecule has 2 atom stereocenters. The van der Waals surface area contributed by atoms with Gasteiger partial charge < -0.3 is 10.2 Å². The van der Waals surface area contributed by atoms with Gasteiger partial charge in [0.1, 0.15) is 11.6 Å². The standard InChI is InChI=1S/C9H20O.2C9H18O.C9H16O/c4*1-3-5-6-8-9(10)7-4-2/h9-10H,3-8H2,1-2H3;3-8H2,1-2H3;6,8-10H,3-5,7H2,1-2H3;5-6H,3-4,7-8H2,1-2H3/b;;8-6+;6-5-. The lowest BCUT2D eigenvalue weighted by atomic mass is 10.1. The van der Waals surface area contributed by atoms with E-state index < -0.39 is 0 Å². The van der Waals surface area contributed by atoms with E-state index in [1.165, 1.54) is 32.1 Å². The van der Waals surface area contributed by atoms with Crippen LogP contribution in [0.1, 0.15) is 184 Å². The minimum absolute atomic E-state index is 0.0310. The molecule has 0 radical (unpaired) electrons. The summed E-state index contributed by atoms with van der Waals surface area (Å²) in [6, 6.07) is 0. The highest BCUT2D eigenvalue weighted by molar-refractivity contribution is 5.79. The van der Waals surface area contributed by atoms with E-state index in [4.69, 9.17) is 0 Å². The molecule has 0 aliphatic carbocycles. The van der Waals surface area contributed by atoms with Gasteiger partial charge in [0.2, 0.25) is 0 Å². The molecule has 0 aromatic rings. The summed E-state index contributed by atoms with van der Waals surface area (Å²) < 4.78 is 0. The van der Waals surface area contributed by atoms with Gasteiger partial charge in [-0.1, -0.05) is 131 Å². The van der Waals surface area contributed by atoms with E-state index in [-0.39, 0.29) is 12.2 Å². The maximum Gasteiger partial charge on any atom is 0.136 e. The average Bonchev–Trinajstić information content (AvgIpc) is 2.91. The van der Waals surface area contributed by atoms with Crippen molar-refractivity contribution in [1.82, 2.24) is 0 Å². The molecule has 0 saturated carbocycles. The van der Waals surface area contributed by atoms with Crippen LogP contribution in [0.3, 0.4) is 0 Å². The van der Waals surface area contributed by atoms with Crippen molar-refractivity contribution in [3.63, 3.8) is 0 Å². The van der Waals surface area contributed by atoms with E-state index in [0.717, 1.165) is 89.9 Å². The molecule has 4 heteroatoms. The second-order valence-electron chi connectivity index (χ2n) is 10.6. The Labute approximate surface area is 251 Å². The van der Waals surface area contributed by atoms with Crippen LogP contribution in [0.2, 0.25) is 0 Å². The summed E-state index contributed by atoms with van der Waals surface area (Å²) in [5.41, 5.74) is 0. The summed E-state index contributed by atoms with van der Waals surface area (Å²) in [5, 5.41) is 18.5. The number of ketones is 2. The number of unbranched alkanes of at least 4 members (excludes halogenated alkanes) is 5. The van der Waals surface area contributed by atoms with Gasteiger partial charge in [0.15, 0.2) is 0 Å². The van der Waals surface area contributed by atoms with Gasteiger partial charge in [-0.05, 0) is 51.4 Å². The van der Waals surface area contributed by atoms with Crippen molar-refractivity contribution in [1.29, 1.82) is 0 Å². The van der Waals surface area contributed by atoms with Crippen LogP contribution in [0.5, 0.6) is 0 Å². The molecule has 40 heavy (non-hydrogen) atoms. The number of carbonyl (C=O) groups is 2. The highest BCUT2D eigenvalue weighted by Gasteiger charge is 2.00. The molecule has 0 amide bonds. The Kier molecular flexibility index (Phi) is 48.2. The van der Waals surface area contributed by atoms with Crippen LogP contribution < -0.4 is 0 Å². The van der Waals surface area contributed by atoms with Crippen LogP contribution in [-0.4, -0.2) is 34.0 Å². The Morgan fingerprint density at radius 2 is 1.12 bits per heavy atom. The lowest BCUT2D eigenvalue weighted by Crippen LogP contribution is -2.04. The van der Waals surface area contributed by atoms with Crippen molar-refractivity contribution in [2.75, 3.05) is 0 Å². The van der Waals surface area contributed by atoms with Crippen LogP contribution in [0, 0.1) is 0 Å². The molecule has 0 aromatic carbocycles. The van der Waals surface area contributed by atoms with Gasteiger partial charge in [0, 0.05) is 25.7 Å². The zero-order chi connectivity index (χ0) is 31.3. The Morgan fingerprint density at radius 1 is 0.550 bits per heavy atom. The van der Waals surface area contributed by atoms with Gasteiger partial charge in [-0.25, -0.2) is 0 Å². The number of Topliss-reactive ketones (excluding diaryl/α,β-unsaturated/α-hetero) is 2. The minimum Gasteiger partial charge on any atom is -0.393 e. The van der Waals surface area contributed by atoms with Crippen molar-refractivity contribution >= 4 is 11.6 Å². The quantitative estimate of drug-likeness (QED) is 0.101. The number of carbonyl (C=O) groups excluding carboxylic acids is 2. The molecule has 0 aliphatic heterocycles. The highest BCUT2D eigenvalue weighted by atomic mass is 16.3. The summed E-state index contributed by atoms with van der Waals surface area (Å²) in [5.74, 6) is 0.795. The maximum atomic E-state index is 10.9. The van der Waals surface area contributed by atoms with Gasteiger partial charge in [-0.2, -0.15) is 0 Å². The fourth-order valence-corrected chi connectivity index (χ4v) is 3.66. The molecule has 0 saturated heterocycles. The third-order valence-electron chi connectivity index (χ3n) is 6.03. The predicted molar refractivity (Wildman–Crippen MR) is 178 cm³/mol. The molecular formula is C36H72O4. The third-order valence-corrected chi connectivity index (χ3v) is 6.03. The molecule has 0 aliphatic rings. The number of rotatable bonds is 22. The van der Waals surface area contributed by atoms with Crippen molar-refractivity contribution in [2.45, 2.75) is 196 Å². The molecular weight excluding hydrogens is 496 g/mol. The summed E-state index contributed by atoms with van der Waals surface area (Å²) in [4.78, 5) is 21.8. The summed E-state index contributed by atoms with van der Waals surface area (Å²) >= 11 is 0. The number of aliphatic hydroxyl groups excluding tert-OH is 2. The molecule has 240 valence electrons. The Bertz CT molecular complexity index is 539. The molecule has 0 heterocycles. The van der Waals surface area contributed by atoms with Crippen LogP contribution in [0.4, 0.5) is 0 Å². The Morgan fingerprint density at radius 3 is 1.62 bits per heavy atom. The summed E-state index contributed by atoms with van der Waals surface area (Å²) in [7, 11) is 0. The maximum absolute atomic E-state index is 10.9. The first-order valence-electron chi connectivity index (χ1n) is 16.9. The second kappa shape index (κ2) is 42.2. The fraction of sp³-hybridized carbons (Fsp3) is 0.833. The van der Waals surface area contributed by atoms with Gasteiger partial charge >= 0.3 is 0 Å². The molecule has 0 spiro atoms. The monoisotopic (exact) mass is 569 g/mol. The van der Waals surface area contributed by atoms with Gasteiger partial charge in [0.25, 0.3) is 0 Å². The zero-order valence-corrected chi connectivity index (χ0v) is 28.3. The normalized spacial score (nSPS) is 12.1. The first-order valence-corrected chi connectivity index (χ1v) is 16.9. The highest BCUT2D eigenvalue weighted by Crippen LogP contribution is 2.07. The molecule has 0 rings (SSSR count). The molecule has 4 nitrogen and oxygen atoms in total. The van der Waals surface area contributed by atoms with E-state index in [1.807, 2.05) is 25.2 Å². The van der Waals surface area contributed by atoms with E-state index in [1.54, 1.807) is 0 Å². The van der Waals surface area contributed by atoms with Crippen molar-refractivity contribution < 1.29 is 19.8 Å². The molecule has 0 bridgehead atoms. The van der Waals surface area contributed by atoms with Crippen LogP contribution in [-0.2, 0) is 9.59 Å². The average molecular weight is 569 g/mol. The minimum atomic E-state index is -0.212. The summed E-state index contributed by atoms with van der Waals surface area (Å²) in [6.07, 6.45) is 28.1. The van der Waals surface area contributed by atoms with Crippen LogP contribution in [0.15, 0.2) is 24.3 Å². The van der Waals surface area contributed by atoms with Gasteiger partial charge in [-0.15, -0.1) is 0 Å². The number of aliphatic hydroxyl groups is 2. The smallest absolute Gasteiger partial charge is 0.136 e. The van der Waals surface area contributed by atoms with E-state index >= 15 is 0 Å². The third kappa shape index (κ3) is 49.7. The first-order chi connectivity index (χ1) is 19.2. The van der Waals surface area contributed by atoms with E-state index in [0.29, 0.717) is 18.0 Å². The fourth-order valence-electron chi connectivity index (χ4n) is 3.66. The Balaban J connectivity index is -0.000000216. The molecule has 0 aromatic heterocycles. The zero-order valence-electron chi connectivity index (χ0n) is 28.3. The predicted octanol–water partition coefficient (Wildman–Crippen LogP) is 10.9.